The van der Waals surface area contributed by atoms with Crippen LogP contribution >= 0.6 is 15.9 Å². The zero-order chi connectivity index (χ0) is 11.4. The van der Waals surface area contributed by atoms with Crippen molar-refractivity contribution in [3.05, 3.63) is 16.1 Å². The van der Waals surface area contributed by atoms with E-state index >= 15 is 0 Å². The lowest BCUT2D eigenvalue weighted by Crippen LogP contribution is -1.99. The minimum Gasteiger partial charge on any atom is -0.506 e. The first-order valence-electron chi connectivity index (χ1n) is 4.38. The molecule has 0 aliphatic heterocycles. The lowest BCUT2D eigenvalue weighted by molar-refractivity contribution is 0.291. The van der Waals surface area contributed by atoms with Crippen molar-refractivity contribution in [1.82, 2.24) is 0 Å². The second kappa shape index (κ2) is 5.23. The predicted molar refractivity (Wildman–Crippen MR) is 59.7 cm³/mol. The largest absolute Gasteiger partial charge is 0.506 e. The van der Waals surface area contributed by atoms with Crippen LogP contribution in [0.1, 0.15) is 5.56 Å². The molecular weight excluding hydrogens is 264 g/mol. The van der Waals surface area contributed by atoms with Crippen LogP contribution in [0.5, 0.6) is 17.2 Å². The molecule has 4 nitrogen and oxygen atoms in total. The minimum absolute atomic E-state index is 0.0659. The Hall–Kier alpha value is -0.940. The molecule has 0 fully saturated rings. The number of aliphatic hydroxyl groups is 1. The van der Waals surface area contributed by atoms with Crippen LogP contribution < -0.4 is 9.47 Å². The van der Waals surface area contributed by atoms with Gasteiger partial charge in [-0.2, -0.15) is 0 Å². The van der Waals surface area contributed by atoms with Gasteiger partial charge in [0, 0.05) is 24.7 Å². The van der Waals surface area contributed by atoms with Crippen molar-refractivity contribution in [2.45, 2.75) is 6.42 Å². The summed E-state index contributed by atoms with van der Waals surface area (Å²) in [7, 11) is 3.01. The smallest absolute Gasteiger partial charge is 0.167 e. The van der Waals surface area contributed by atoms with Gasteiger partial charge in [-0.05, 0) is 15.9 Å². The first-order chi connectivity index (χ1) is 7.15. The maximum atomic E-state index is 9.77. The van der Waals surface area contributed by atoms with Gasteiger partial charge in [-0.1, -0.05) is 0 Å². The Balaban J connectivity index is 3.35. The Morgan fingerprint density at radius 3 is 2.47 bits per heavy atom. The van der Waals surface area contributed by atoms with Gasteiger partial charge in [0.05, 0.1) is 18.7 Å². The summed E-state index contributed by atoms with van der Waals surface area (Å²) in [5.41, 5.74) is 0.534. The Bertz CT molecular complexity index is 352. The first-order valence-corrected chi connectivity index (χ1v) is 5.18. The molecule has 0 saturated carbocycles. The summed E-state index contributed by atoms with van der Waals surface area (Å²) in [6, 6.07) is 1.62. The monoisotopic (exact) mass is 276 g/mol. The van der Waals surface area contributed by atoms with Gasteiger partial charge in [0.15, 0.2) is 11.5 Å². The molecule has 5 heteroatoms. The quantitative estimate of drug-likeness (QED) is 0.879. The van der Waals surface area contributed by atoms with E-state index in [1.54, 1.807) is 6.07 Å². The maximum absolute atomic E-state index is 9.77. The molecule has 1 rings (SSSR count). The maximum Gasteiger partial charge on any atom is 0.167 e. The van der Waals surface area contributed by atoms with Crippen LogP contribution in [-0.2, 0) is 6.42 Å². The van der Waals surface area contributed by atoms with E-state index in [4.69, 9.17) is 14.6 Å². The predicted octanol–water partition coefficient (Wildman–Crippen LogP) is 1.71. The van der Waals surface area contributed by atoms with Gasteiger partial charge in [-0.25, -0.2) is 0 Å². The zero-order valence-electron chi connectivity index (χ0n) is 8.58. The van der Waals surface area contributed by atoms with E-state index in [0.29, 0.717) is 28.0 Å². The van der Waals surface area contributed by atoms with Gasteiger partial charge in [0.25, 0.3) is 0 Å². The number of rotatable bonds is 4. The van der Waals surface area contributed by atoms with E-state index in [9.17, 15) is 5.11 Å². The van der Waals surface area contributed by atoms with Crippen LogP contribution in [0.2, 0.25) is 0 Å². The van der Waals surface area contributed by atoms with Crippen molar-refractivity contribution >= 4 is 15.9 Å². The third-order valence-corrected chi connectivity index (χ3v) is 2.66. The molecule has 0 unspecified atom stereocenters. The molecule has 0 aliphatic rings. The standard InChI is InChI=1S/C10H13BrO4/c1-14-8-5-7(11)9(13)6(3-4-12)10(8)15-2/h5,12-13H,3-4H2,1-2H3. The highest BCUT2D eigenvalue weighted by atomic mass is 79.9. The Kier molecular flexibility index (Phi) is 4.23. The second-order valence-corrected chi connectivity index (χ2v) is 3.75. The number of hydrogen-bond donors (Lipinski definition) is 2. The summed E-state index contributed by atoms with van der Waals surface area (Å²) in [5, 5.41) is 18.7. The SMILES string of the molecule is COc1cc(Br)c(O)c(CCO)c1OC. The normalized spacial score (nSPS) is 10.1. The van der Waals surface area contributed by atoms with Crippen LogP contribution in [0.4, 0.5) is 0 Å². The summed E-state index contributed by atoms with van der Waals surface area (Å²) >= 11 is 3.20. The van der Waals surface area contributed by atoms with Crippen molar-refractivity contribution < 1.29 is 19.7 Å². The van der Waals surface area contributed by atoms with Gasteiger partial charge in [0.2, 0.25) is 0 Å². The molecule has 0 spiro atoms. The molecule has 0 aliphatic carbocycles. The molecule has 1 aromatic rings. The third-order valence-electron chi connectivity index (χ3n) is 2.05. The number of ether oxygens (including phenoxy) is 2. The van der Waals surface area contributed by atoms with Crippen LogP contribution in [0, 0.1) is 0 Å². The number of hydrogen-bond acceptors (Lipinski definition) is 4. The molecule has 0 heterocycles. The van der Waals surface area contributed by atoms with Crippen molar-refractivity contribution in [3.63, 3.8) is 0 Å². The van der Waals surface area contributed by atoms with Crippen LogP contribution in [0.3, 0.4) is 0 Å². The zero-order valence-corrected chi connectivity index (χ0v) is 10.2. The Labute approximate surface area is 96.6 Å². The fraction of sp³-hybridized carbons (Fsp3) is 0.400. The highest BCUT2D eigenvalue weighted by molar-refractivity contribution is 9.10. The van der Waals surface area contributed by atoms with E-state index in [2.05, 4.69) is 15.9 Å². The van der Waals surface area contributed by atoms with E-state index in [1.165, 1.54) is 14.2 Å². The first kappa shape index (κ1) is 12.1. The summed E-state index contributed by atoms with van der Waals surface area (Å²) < 4.78 is 10.8. The fourth-order valence-electron chi connectivity index (χ4n) is 1.37. The number of methoxy groups -OCH3 is 2. The van der Waals surface area contributed by atoms with Crippen molar-refractivity contribution in [3.8, 4) is 17.2 Å². The van der Waals surface area contributed by atoms with Gasteiger partial charge in [-0.3, -0.25) is 0 Å². The number of benzene rings is 1. The molecule has 84 valence electrons. The molecule has 1 aromatic carbocycles. The average Bonchev–Trinajstić information content (AvgIpc) is 2.24. The summed E-state index contributed by atoms with van der Waals surface area (Å²) in [5.74, 6) is 1.04. The highest BCUT2D eigenvalue weighted by Gasteiger charge is 2.17. The molecule has 0 radical (unpaired) electrons. The van der Waals surface area contributed by atoms with Crippen LogP contribution in [-0.4, -0.2) is 31.0 Å². The van der Waals surface area contributed by atoms with E-state index < -0.39 is 0 Å². The molecule has 0 atom stereocenters. The third kappa shape index (κ3) is 2.35. The van der Waals surface area contributed by atoms with Crippen LogP contribution in [0.25, 0.3) is 0 Å². The Morgan fingerprint density at radius 1 is 1.33 bits per heavy atom. The number of halogens is 1. The summed E-state index contributed by atoms with van der Waals surface area (Å²) in [6.45, 7) is -0.0659. The molecule has 0 saturated heterocycles. The molecule has 15 heavy (non-hydrogen) atoms. The fourth-order valence-corrected chi connectivity index (χ4v) is 1.82. The van der Waals surface area contributed by atoms with Crippen molar-refractivity contribution in [2.24, 2.45) is 0 Å². The molecule has 0 bridgehead atoms. The Morgan fingerprint density at radius 2 is 2.00 bits per heavy atom. The number of phenols is 1. The van der Waals surface area contributed by atoms with E-state index in [-0.39, 0.29) is 12.4 Å². The van der Waals surface area contributed by atoms with Crippen LogP contribution in [0.15, 0.2) is 10.5 Å². The van der Waals surface area contributed by atoms with Crippen molar-refractivity contribution in [1.29, 1.82) is 0 Å². The molecule has 0 amide bonds. The summed E-state index contributed by atoms with van der Waals surface area (Å²) in [4.78, 5) is 0. The number of phenolic OH excluding ortho intramolecular Hbond substituents is 1. The van der Waals surface area contributed by atoms with Gasteiger partial charge >= 0.3 is 0 Å². The van der Waals surface area contributed by atoms with E-state index in [0.717, 1.165) is 0 Å². The molecule has 0 aromatic heterocycles. The van der Waals surface area contributed by atoms with Gasteiger partial charge in [-0.15, -0.1) is 0 Å². The minimum atomic E-state index is -0.0659. The van der Waals surface area contributed by atoms with E-state index in [1.807, 2.05) is 0 Å². The second-order valence-electron chi connectivity index (χ2n) is 2.89. The lowest BCUT2D eigenvalue weighted by atomic mass is 10.1. The van der Waals surface area contributed by atoms with Crippen molar-refractivity contribution in [2.75, 3.05) is 20.8 Å². The summed E-state index contributed by atoms with van der Waals surface area (Å²) in [6.07, 6.45) is 0.310. The molecular formula is C10H13BrO4. The molecule has 2 N–H and O–H groups in total. The van der Waals surface area contributed by atoms with Gasteiger partial charge in [0.1, 0.15) is 5.75 Å². The number of aliphatic hydroxyl groups excluding tert-OH is 1. The topological polar surface area (TPSA) is 58.9 Å². The highest BCUT2D eigenvalue weighted by Crippen LogP contribution is 2.42. The lowest BCUT2D eigenvalue weighted by Gasteiger charge is -2.14. The van der Waals surface area contributed by atoms with Gasteiger partial charge < -0.3 is 19.7 Å². The number of aromatic hydroxyl groups is 1. The average molecular weight is 277 g/mol.